The number of fused-ring (bicyclic) bond motifs is 2. The number of halogens is 2. The third-order valence-electron chi connectivity index (χ3n) is 9.90. The van der Waals surface area contributed by atoms with Gasteiger partial charge in [0, 0.05) is 24.9 Å². The predicted octanol–water partition coefficient (Wildman–Crippen LogP) is 4.78. The second-order valence-electron chi connectivity index (χ2n) is 13.5. The van der Waals surface area contributed by atoms with Crippen molar-refractivity contribution in [1.29, 1.82) is 0 Å². The number of carbonyl (C=O) groups is 1. The van der Waals surface area contributed by atoms with E-state index in [1.165, 1.54) is 38.1 Å². The van der Waals surface area contributed by atoms with Gasteiger partial charge < -0.3 is 13.7 Å². The molecule has 47 heavy (non-hydrogen) atoms. The van der Waals surface area contributed by atoms with E-state index in [1.807, 2.05) is 33.8 Å². The van der Waals surface area contributed by atoms with Crippen molar-refractivity contribution in [3.05, 3.63) is 99.2 Å². The molecule has 0 atom stereocenters. The van der Waals surface area contributed by atoms with Crippen molar-refractivity contribution in [2.75, 3.05) is 0 Å². The van der Waals surface area contributed by atoms with Crippen molar-refractivity contribution in [2.45, 2.75) is 77.0 Å². The number of Topliss-reactive ketones (excluding diaryl/α,β-unsaturated/α-hetero) is 1. The summed E-state index contributed by atoms with van der Waals surface area (Å²) in [4.78, 5) is 49.6. The van der Waals surface area contributed by atoms with Gasteiger partial charge in [0.2, 0.25) is 0 Å². The van der Waals surface area contributed by atoms with Crippen molar-refractivity contribution < 1.29 is 22.9 Å². The fourth-order valence-corrected chi connectivity index (χ4v) is 6.60. The lowest BCUT2D eigenvalue weighted by Crippen LogP contribution is -2.43. The minimum atomic E-state index is -0.686. The molecule has 5 heterocycles. The molecule has 1 aromatic carbocycles. The van der Waals surface area contributed by atoms with Crippen LogP contribution in [0.15, 0.2) is 70.6 Å². The molecule has 0 amide bonds. The molecule has 13 heteroatoms. The molecule has 5 aromatic rings. The average molecular weight is 641 g/mol. The van der Waals surface area contributed by atoms with E-state index >= 15 is 0 Å². The molecule has 1 saturated carbocycles. The Morgan fingerprint density at radius 1 is 0.957 bits per heavy atom. The Hall–Kier alpha value is -4.49. The third-order valence-corrected chi connectivity index (χ3v) is 9.90. The maximum absolute atomic E-state index is 14.5. The Morgan fingerprint density at radius 2 is 1.68 bits per heavy atom. The molecule has 1 aliphatic heterocycles. The molecule has 0 spiro atoms. The van der Waals surface area contributed by atoms with Crippen LogP contribution in [0, 0.1) is 17.6 Å². The Balaban J connectivity index is 1.18. The van der Waals surface area contributed by atoms with Crippen LogP contribution in [0.3, 0.4) is 0 Å². The first-order chi connectivity index (χ1) is 22.3. The highest BCUT2D eigenvalue weighted by Crippen LogP contribution is 2.37. The minimum absolute atomic E-state index is 0.00813. The van der Waals surface area contributed by atoms with Crippen LogP contribution in [-0.4, -0.2) is 47.6 Å². The summed E-state index contributed by atoms with van der Waals surface area (Å²) in [5, 5.41) is -0.00813. The topological polar surface area (TPSA) is 110 Å². The molecule has 4 aromatic heterocycles. The van der Waals surface area contributed by atoms with Crippen LogP contribution in [0.25, 0.3) is 22.4 Å². The van der Waals surface area contributed by atoms with E-state index in [1.54, 1.807) is 18.2 Å². The molecular weight excluding hydrogens is 607 g/mol. The summed E-state index contributed by atoms with van der Waals surface area (Å²) < 4.78 is 44.5. The quantitative estimate of drug-likeness (QED) is 0.194. The van der Waals surface area contributed by atoms with Gasteiger partial charge in [0.25, 0.3) is 5.56 Å². The van der Waals surface area contributed by atoms with Gasteiger partial charge in [-0.15, -0.1) is 0 Å². The van der Waals surface area contributed by atoms with Crippen LogP contribution in [0.5, 0.6) is 0 Å². The zero-order valence-electron chi connectivity index (χ0n) is 26.6. The second kappa shape index (κ2) is 11.3. The number of imidazole rings is 1. The van der Waals surface area contributed by atoms with E-state index in [-0.39, 0.29) is 34.8 Å². The first kappa shape index (κ1) is 31.1. The van der Waals surface area contributed by atoms with Crippen molar-refractivity contribution in [3.63, 3.8) is 0 Å². The highest BCUT2D eigenvalue weighted by atomic mass is 19.1. The van der Waals surface area contributed by atoms with Gasteiger partial charge in [0.05, 0.1) is 28.5 Å². The summed E-state index contributed by atoms with van der Waals surface area (Å²) in [7, 11) is -0.682. The van der Waals surface area contributed by atoms with Crippen LogP contribution >= 0.6 is 0 Å². The molecule has 0 bridgehead atoms. The molecule has 2 fully saturated rings. The summed E-state index contributed by atoms with van der Waals surface area (Å²) >= 11 is 0. The van der Waals surface area contributed by atoms with Gasteiger partial charge >= 0.3 is 12.8 Å². The normalized spacial score (nSPS) is 20.7. The molecule has 0 radical (unpaired) electrons. The fourth-order valence-electron chi connectivity index (χ4n) is 6.60. The van der Waals surface area contributed by atoms with E-state index in [0.29, 0.717) is 42.5 Å². The lowest BCUT2D eigenvalue weighted by molar-refractivity contribution is 0.00578. The third kappa shape index (κ3) is 5.50. The molecule has 1 saturated heterocycles. The number of rotatable bonds is 6. The van der Waals surface area contributed by atoms with Crippen molar-refractivity contribution in [2.24, 2.45) is 5.92 Å². The lowest BCUT2D eigenvalue weighted by atomic mass is 9.79. The maximum Gasteiger partial charge on any atom is 0.494 e. The first-order valence-corrected chi connectivity index (χ1v) is 15.8. The van der Waals surface area contributed by atoms with E-state index in [4.69, 9.17) is 9.31 Å². The Morgan fingerprint density at radius 3 is 2.40 bits per heavy atom. The SMILES string of the molecule is CC1(C)OB(c2cccc(-n3c(=O)n(C4CCC(CC(=O)c5cn6cc(F)ccc6n5)CC4)c(=O)c4cc(F)cnc43)c2)OC1(C)C. The van der Waals surface area contributed by atoms with Gasteiger partial charge in [0.1, 0.15) is 23.0 Å². The zero-order valence-corrected chi connectivity index (χ0v) is 26.6. The minimum Gasteiger partial charge on any atom is -0.399 e. The molecule has 2 aliphatic rings. The predicted molar refractivity (Wildman–Crippen MR) is 172 cm³/mol. The monoisotopic (exact) mass is 641 g/mol. The number of pyridine rings is 2. The van der Waals surface area contributed by atoms with E-state index in [0.717, 1.165) is 12.3 Å². The molecule has 1 aliphatic carbocycles. The molecule has 10 nitrogen and oxygen atoms in total. The summed E-state index contributed by atoms with van der Waals surface area (Å²) in [5.74, 6) is -1.24. The smallest absolute Gasteiger partial charge is 0.399 e. The van der Waals surface area contributed by atoms with Gasteiger partial charge in [0.15, 0.2) is 11.4 Å². The number of aromatic nitrogens is 5. The number of carbonyl (C=O) groups excluding carboxylic acids is 1. The summed E-state index contributed by atoms with van der Waals surface area (Å²) in [6.45, 7) is 7.82. The van der Waals surface area contributed by atoms with Crippen LogP contribution in [0.1, 0.15) is 76.3 Å². The van der Waals surface area contributed by atoms with E-state index < -0.39 is 47.2 Å². The molecule has 0 unspecified atom stereocenters. The summed E-state index contributed by atoms with van der Waals surface area (Å²) in [6, 6.07) is 10.6. The van der Waals surface area contributed by atoms with Crippen molar-refractivity contribution in [1.82, 2.24) is 23.5 Å². The fraction of sp³-hybridized carbons (Fsp3) is 0.382. The molecule has 0 N–H and O–H groups in total. The number of ketones is 1. The van der Waals surface area contributed by atoms with E-state index in [2.05, 4.69) is 9.97 Å². The summed E-state index contributed by atoms with van der Waals surface area (Å²) in [5.41, 5.74) is -0.403. The number of hydrogen-bond donors (Lipinski definition) is 0. The van der Waals surface area contributed by atoms with Gasteiger partial charge in [-0.1, -0.05) is 12.1 Å². The highest BCUT2D eigenvalue weighted by molar-refractivity contribution is 6.62. The molecule has 7 rings (SSSR count). The maximum atomic E-state index is 14.5. The second-order valence-corrected chi connectivity index (χ2v) is 13.5. The Labute approximate surface area is 269 Å². The zero-order chi connectivity index (χ0) is 33.2. The average Bonchev–Trinajstić information content (AvgIpc) is 3.55. The Bertz CT molecular complexity index is 2150. The van der Waals surface area contributed by atoms with Crippen LogP contribution in [-0.2, 0) is 9.31 Å². The number of nitrogens with zero attached hydrogens (tertiary/aromatic N) is 5. The molecular formula is C34H34BF2N5O5. The highest BCUT2D eigenvalue weighted by Gasteiger charge is 2.51. The van der Waals surface area contributed by atoms with Crippen LogP contribution in [0.4, 0.5) is 8.78 Å². The summed E-state index contributed by atoms with van der Waals surface area (Å²) in [6.07, 6.45) is 6.18. The van der Waals surface area contributed by atoms with Gasteiger partial charge in [-0.2, -0.15) is 0 Å². The standard InChI is InChI=1S/C34H34BF2N5O5/c1-33(2)34(3,4)47-35(46-33)21-6-5-7-25(15-21)41-30-26(16-23(37)17-38-30)31(44)42(32(41)45)24-11-8-20(9-12-24)14-28(43)27-19-40-18-22(36)10-13-29(40)39-27/h5-7,10,13,15-20,24H,8-9,11-12,14H2,1-4H3. The van der Waals surface area contributed by atoms with Crippen molar-refractivity contribution in [3.8, 4) is 5.69 Å². The first-order valence-electron chi connectivity index (χ1n) is 15.8. The lowest BCUT2D eigenvalue weighted by Gasteiger charge is -2.32. The van der Waals surface area contributed by atoms with Gasteiger partial charge in [-0.05, 0) is 95.1 Å². The van der Waals surface area contributed by atoms with Crippen molar-refractivity contribution >= 4 is 35.0 Å². The van der Waals surface area contributed by atoms with E-state index in [9.17, 15) is 23.2 Å². The number of benzene rings is 1. The van der Waals surface area contributed by atoms with Gasteiger partial charge in [-0.3, -0.25) is 14.2 Å². The van der Waals surface area contributed by atoms with Gasteiger partial charge in [-0.25, -0.2) is 28.1 Å². The largest absolute Gasteiger partial charge is 0.494 e. The van der Waals surface area contributed by atoms with Crippen LogP contribution < -0.4 is 16.7 Å². The number of hydrogen-bond acceptors (Lipinski definition) is 7. The Kier molecular flexibility index (Phi) is 7.51. The van der Waals surface area contributed by atoms with Crippen LogP contribution in [0.2, 0.25) is 0 Å². The molecule has 242 valence electrons.